The predicted molar refractivity (Wildman–Crippen MR) is 54.8 cm³/mol. The van der Waals surface area contributed by atoms with Crippen LogP contribution in [0.3, 0.4) is 0 Å². The maximum absolute atomic E-state index is 11.0. The summed E-state index contributed by atoms with van der Waals surface area (Å²) in [6, 6.07) is 1.88. The topological polar surface area (TPSA) is 59.3 Å². The average Bonchev–Trinajstić information content (AvgIpc) is 2.56. The van der Waals surface area contributed by atoms with E-state index in [1.807, 2.05) is 6.07 Å². The zero-order valence-electron chi connectivity index (χ0n) is 8.36. The third-order valence-electron chi connectivity index (χ3n) is 2.07. The summed E-state index contributed by atoms with van der Waals surface area (Å²) in [4.78, 5) is 0. The molecular weight excluding hydrogens is 202 g/mol. The molecule has 0 saturated carbocycles. The van der Waals surface area contributed by atoms with Crippen molar-refractivity contribution in [3.05, 3.63) is 24.2 Å². The third-order valence-corrected chi connectivity index (χ3v) is 3.05. The summed E-state index contributed by atoms with van der Waals surface area (Å²) < 4.78 is 26.9. The Morgan fingerprint density at radius 2 is 2.29 bits per heavy atom. The Hall–Kier alpha value is -0.810. The van der Waals surface area contributed by atoms with E-state index in [0.29, 0.717) is 6.42 Å². The van der Waals surface area contributed by atoms with Crippen LogP contribution < -0.4 is 5.32 Å². The van der Waals surface area contributed by atoms with E-state index in [2.05, 4.69) is 5.32 Å². The Morgan fingerprint density at radius 3 is 2.71 bits per heavy atom. The standard InChI is InChI=1S/C9H15NO3S/c1-10-9(4-6-14(2,11)12)8-3-5-13-7-8/h3,5,7,9-10H,4,6H2,1-2H3. The van der Waals surface area contributed by atoms with Crippen molar-refractivity contribution in [1.29, 1.82) is 0 Å². The van der Waals surface area contributed by atoms with Crippen molar-refractivity contribution < 1.29 is 12.8 Å². The lowest BCUT2D eigenvalue weighted by Gasteiger charge is -2.12. The lowest BCUT2D eigenvalue weighted by atomic mass is 10.1. The number of hydrogen-bond acceptors (Lipinski definition) is 4. The van der Waals surface area contributed by atoms with Crippen LogP contribution in [0.1, 0.15) is 18.0 Å². The van der Waals surface area contributed by atoms with Crippen LogP contribution in [0.25, 0.3) is 0 Å². The van der Waals surface area contributed by atoms with Crippen LogP contribution in [0, 0.1) is 0 Å². The molecule has 0 aliphatic rings. The van der Waals surface area contributed by atoms with Gasteiger partial charge in [-0.15, -0.1) is 0 Å². The minimum atomic E-state index is -2.89. The molecule has 1 rings (SSSR count). The number of hydrogen-bond donors (Lipinski definition) is 1. The van der Waals surface area contributed by atoms with Crippen molar-refractivity contribution >= 4 is 9.84 Å². The van der Waals surface area contributed by atoms with Gasteiger partial charge in [-0.1, -0.05) is 0 Å². The molecule has 5 heteroatoms. The van der Waals surface area contributed by atoms with Gasteiger partial charge >= 0.3 is 0 Å². The zero-order valence-corrected chi connectivity index (χ0v) is 9.17. The minimum Gasteiger partial charge on any atom is -0.472 e. The van der Waals surface area contributed by atoms with Crippen LogP contribution in [0.2, 0.25) is 0 Å². The van der Waals surface area contributed by atoms with E-state index in [9.17, 15) is 8.42 Å². The van der Waals surface area contributed by atoms with E-state index >= 15 is 0 Å². The Labute approximate surface area is 84.2 Å². The van der Waals surface area contributed by atoms with Gasteiger partial charge in [0.25, 0.3) is 0 Å². The number of sulfone groups is 1. The average molecular weight is 217 g/mol. The highest BCUT2D eigenvalue weighted by atomic mass is 32.2. The van der Waals surface area contributed by atoms with Crippen molar-refractivity contribution in [2.45, 2.75) is 12.5 Å². The van der Waals surface area contributed by atoms with Crippen molar-refractivity contribution in [2.75, 3.05) is 19.1 Å². The molecule has 1 N–H and O–H groups in total. The SMILES string of the molecule is CNC(CCS(C)(=O)=O)c1ccoc1. The van der Waals surface area contributed by atoms with E-state index in [1.165, 1.54) is 6.26 Å². The summed E-state index contributed by atoms with van der Waals surface area (Å²) in [5.74, 6) is 0.184. The molecular formula is C9H15NO3S. The zero-order chi connectivity index (χ0) is 10.6. The van der Waals surface area contributed by atoms with Crippen molar-refractivity contribution in [2.24, 2.45) is 0 Å². The first kappa shape index (κ1) is 11.3. The van der Waals surface area contributed by atoms with Crippen molar-refractivity contribution in [3.8, 4) is 0 Å². The van der Waals surface area contributed by atoms with Gasteiger partial charge in [0.2, 0.25) is 0 Å². The van der Waals surface area contributed by atoms with E-state index in [-0.39, 0.29) is 11.8 Å². The molecule has 1 aromatic heterocycles. The molecule has 0 aromatic carbocycles. The molecule has 4 nitrogen and oxygen atoms in total. The molecule has 14 heavy (non-hydrogen) atoms. The Balaban J connectivity index is 2.57. The summed E-state index contributed by atoms with van der Waals surface area (Å²) in [6.07, 6.45) is 5.02. The molecule has 0 radical (unpaired) electrons. The molecule has 1 atom stereocenters. The van der Waals surface area contributed by atoms with Gasteiger partial charge in [0, 0.05) is 17.9 Å². The fourth-order valence-corrected chi connectivity index (χ4v) is 1.95. The molecule has 0 aliphatic carbocycles. The Bertz CT molecular complexity index is 355. The largest absolute Gasteiger partial charge is 0.472 e. The van der Waals surface area contributed by atoms with Gasteiger partial charge < -0.3 is 9.73 Å². The highest BCUT2D eigenvalue weighted by Crippen LogP contribution is 2.17. The van der Waals surface area contributed by atoms with E-state index < -0.39 is 9.84 Å². The highest BCUT2D eigenvalue weighted by Gasteiger charge is 2.13. The van der Waals surface area contributed by atoms with Crippen molar-refractivity contribution in [3.63, 3.8) is 0 Å². The summed E-state index contributed by atoms with van der Waals surface area (Å²) in [7, 11) is -1.09. The highest BCUT2D eigenvalue weighted by molar-refractivity contribution is 7.90. The van der Waals surface area contributed by atoms with Crippen LogP contribution in [0.5, 0.6) is 0 Å². The van der Waals surface area contributed by atoms with Crippen molar-refractivity contribution in [1.82, 2.24) is 5.32 Å². The first-order chi connectivity index (χ1) is 6.53. The Morgan fingerprint density at radius 1 is 1.57 bits per heavy atom. The lowest BCUT2D eigenvalue weighted by molar-refractivity contribution is 0.532. The van der Waals surface area contributed by atoms with Gasteiger partial charge in [-0.05, 0) is 19.5 Å². The molecule has 80 valence electrons. The second kappa shape index (κ2) is 4.61. The monoisotopic (exact) mass is 217 g/mol. The number of nitrogens with one attached hydrogen (secondary N) is 1. The van der Waals surface area contributed by atoms with Crippen LogP contribution in [-0.2, 0) is 9.84 Å². The maximum Gasteiger partial charge on any atom is 0.147 e. The van der Waals surface area contributed by atoms with Crippen LogP contribution >= 0.6 is 0 Å². The van der Waals surface area contributed by atoms with E-state index in [0.717, 1.165) is 5.56 Å². The number of furan rings is 1. The first-order valence-electron chi connectivity index (χ1n) is 4.40. The summed E-state index contributed by atoms with van der Waals surface area (Å²) >= 11 is 0. The van der Waals surface area contributed by atoms with Gasteiger partial charge in [-0.3, -0.25) is 0 Å². The third kappa shape index (κ3) is 3.51. The molecule has 0 fully saturated rings. The smallest absolute Gasteiger partial charge is 0.147 e. The molecule has 0 bridgehead atoms. The van der Waals surface area contributed by atoms with Gasteiger partial charge in [0.15, 0.2) is 0 Å². The molecule has 1 aromatic rings. The second-order valence-electron chi connectivity index (χ2n) is 3.32. The minimum absolute atomic E-state index is 0.0449. The predicted octanol–water partition coefficient (Wildman–Crippen LogP) is 0.975. The number of rotatable bonds is 5. The quantitative estimate of drug-likeness (QED) is 0.798. The molecule has 0 amide bonds. The van der Waals surface area contributed by atoms with E-state index in [1.54, 1.807) is 19.6 Å². The van der Waals surface area contributed by atoms with Gasteiger partial charge in [0.1, 0.15) is 9.84 Å². The molecule has 1 heterocycles. The molecule has 0 spiro atoms. The first-order valence-corrected chi connectivity index (χ1v) is 6.46. The summed E-state index contributed by atoms with van der Waals surface area (Å²) in [5.41, 5.74) is 0.983. The Kier molecular flexibility index (Phi) is 3.71. The summed E-state index contributed by atoms with van der Waals surface area (Å²) in [5, 5.41) is 3.05. The fourth-order valence-electron chi connectivity index (χ4n) is 1.28. The molecule has 0 saturated heterocycles. The lowest BCUT2D eigenvalue weighted by Crippen LogP contribution is -2.19. The van der Waals surface area contributed by atoms with Crippen LogP contribution in [0.4, 0.5) is 0 Å². The maximum atomic E-state index is 11.0. The normalized spacial score (nSPS) is 14.1. The second-order valence-corrected chi connectivity index (χ2v) is 5.58. The van der Waals surface area contributed by atoms with E-state index in [4.69, 9.17) is 4.42 Å². The van der Waals surface area contributed by atoms with Gasteiger partial charge in [-0.25, -0.2) is 8.42 Å². The van der Waals surface area contributed by atoms with Crippen LogP contribution in [-0.4, -0.2) is 27.5 Å². The van der Waals surface area contributed by atoms with Gasteiger partial charge in [-0.2, -0.15) is 0 Å². The molecule has 0 aliphatic heterocycles. The van der Waals surface area contributed by atoms with Crippen LogP contribution in [0.15, 0.2) is 23.0 Å². The molecule has 1 unspecified atom stereocenters. The summed E-state index contributed by atoms with van der Waals surface area (Å²) in [6.45, 7) is 0. The van der Waals surface area contributed by atoms with Gasteiger partial charge in [0.05, 0.1) is 18.3 Å². The fraction of sp³-hybridized carbons (Fsp3) is 0.556.